The molecule has 5 heteroatoms. The van der Waals surface area contributed by atoms with E-state index < -0.39 is 5.97 Å². The first kappa shape index (κ1) is 13.2. The fourth-order valence-electron chi connectivity index (χ4n) is 1.41. The van der Waals surface area contributed by atoms with Crippen molar-refractivity contribution in [3.8, 4) is 11.5 Å². The van der Waals surface area contributed by atoms with Gasteiger partial charge in [-0.25, -0.2) is 4.79 Å². The van der Waals surface area contributed by atoms with Crippen molar-refractivity contribution in [2.24, 2.45) is 0 Å². The number of carbonyl (C=O) groups excluding carboxylic acids is 1. The molecule has 0 spiro atoms. The molecular formula is C14H12ClNO3. The average Bonchev–Trinajstić information content (AvgIpc) is 2.39. The standard InChI is InChI=1S/C14H12ClNO3/c15-10-4-6-12(7-5-10)19-14(17)9-18-13-3-1-2-11(16)8-13/h1-8H,9,16H2. The molecule has 2 aromatic carbocycles. The van der Waals surface area contributed by atoms with Gasteiger partial charge in [0.1, 0.15) is 11.5 Å². The van der Waals surface area contributed by atoms with Gasteiger partial charge >= 0.3 is 5.97 Å². The van der Waals surface area contributed by atoms with Crippen LogP contribution >= 0.6 is 11.6 Å². The first-order valence-corrected chi connectivity index (χ1v) is 5.96. The molecule has 0 aliphatic heterocycles. The van der Waals surface area contributed by atoms with E-state index in [0.717, 1.165) is 0 Å². The molecule has 2 rings (SSSR count). The number of rotatable bonds is 4. The van der Waals surface area contributed by atoms with E-state index in [1.54, 1.807) is 48.5 Å². The van der Waals surface area contributed by atoms with Crippen LogP contribution in [0.1, 0.15) is 0 Å². The third-order valence-electron chi connectivity index (χ3n) is 2.26. The maximum Gasteiger partial charge on any atom is 0.349 e. The molecule has 0 aromatic heterocycles. The normalized spacial score (nSPS) is 9.95. The molecule has 0 aliphatic carbocycles. The Hall–Kier alpha value is -2.20. The van der Waals surface area contributed by atoms with Gasteiger partial charge in [-0.05, 0) is 36.4 Å². The Morgan fingerprint density at radius 3 is 2.53 bits per heavy atom. The molecule has 19 heavy (non-hydrogen) atoms. The molecule has 0 saturated carbocycles. The predicted octanol–water partition coefficient (Wildman–Crippen LogP) is 2.91. The van der Waals surface area contributed by atoms with Gasteiger partial charge in [-0.3, -0.25) is 0 Å². The van der Waals surface area contributed by atoms with Crippen LogP contribution in [0.5, 0.6) is 11.5 Å². The predicted molar refractivity (Wildman–Crippen MR) is 73.4 cm³/mol. The molecule has 0 aliphatic rings. The number of esters is 1. The van der Waals surface area contributed by atoms with Crippen LogP contribution in [0.25, 0.3) is 0 Å². The van der Waals surface area contributed by atoms with Crippen LogP contribution in [0.15, 0.2) is 48.5 Å². The smallest absolute Gasteiger partial charge is 0.349 e. The van der Waals surface area contributed by atoms with Gasteiger partial charge in [0, 0.05) is 16.8 Å². The Kier molecular flexibility index (Phi) is 4.26. The number of nitrogen functional groups attached to an aromatic ring is 1. The lowest BCUT2D eigenvalue weighted by Crippen LogP contribution is -2.17. The van der Waals surface area contributed by atoms with Gasteiger partial charge in [0.05, 0.1) is 0 Å². The highest BCUT2D eigenvalue weighted by Gasteiger charge is 2.06. The SMILES string of the molecule is Nc1cccc(OCC(=O)Oc2ccc(Cl)cc2)c1. The summed E-state index contributed by atoms with van der Waals surface area (Å²) >= 11 is 5.73. The fourth-order valence-corrected chi connectivity index (χ4v) is 1.54. The number of hydrogen-bond donors (Lipinski definition) is 1. The molecule has 0 saturated heterocycles. The topological polar surface area (TPSA) is 61.5 Å². The highest BCUT2D eigenvalue weighted by molar-refractivity contribution is 6.30. The summed E-state index contributed by atoms with van der Waals surface area (Å²) in [5.74, 6) is 0.448. The van der Waals surface area contributed by atoms with Crippen molar-refractivity contribution in [3.05, 3.63) is 53.6 Å². The van der Waals surface area contributed by atoms with Crippen molar-refractivity contribution in [2.75, 3.05) is 12.3 Å². The van der Waals surface area contributed by atoms with Crippen molar-refractivity contribution < 1.29 is 14.3 Å². The number of nitrogens with two attached hydrogens (primary N) is 1. The molecule has 0 heterocycles. The van der Waals surface area contributed by atoms with Gasteiger partial charge in [-0.1, -0.05) is 17.7 Å². The Labute approximate surface area is 115 Å². The highest BCUT2D eigenvalue weighted by atomic mass is 35.5. The lowest BCUT2D eigenvalue weighted by molar-refractivity contribution is -0.136. The summed E-state index contributed by atoms with van der Waals surface area (Å²) in [6.07, 6.45) is 0. The van der Waals surface area contributed by atoms with E-state index in [4.69, 9.17) is 26.8 Å². The maximum absolute atomic E-state index is 11.5. The molecule has 2 N–H and O–H groups in total. The molecule has 0 bridgehead atoms. The summed E-state index contributed by atoms with van der Waals surface area (Å²) < 4.78 is 10.3. The summed E-state index contributed by atoms with van der Waals surface area (Å²) in [5, 5.41) is 0.579. The molecule has 0 fully saturated rings. The minimum Gasteiger partial charge on any atom is -0.482 e. The molecular weight excluding hydrogens is 266 g/mol. The van der Waals surface area contributed by atoms with E-state index in [9.17, 15) is 4.79 Å². The second-order valence-electron chi connectivity index (χ2n) is 3.79. The van der Waals surface area contributed by atoms with E-state index in [2.05, 4.69) is 0 Å². The van der Waals surface area contributed by atoms with Gasteiger partial charge in [0.2, 0.25) is 0 Å². The van der Waals surface area contributed by atoms with Gasteiger partial charge < -0.3 is 15.2 Å². The monoisotopic (exact) mass is 277 g/mol. The van der Waals surface area contributed by atoms with E-state index in [1.165, 1.54) is 0 Å². The maximum atomic E-state index is 11.5. The quantitative estimate of drug-likeness (QED) is 0.530. The molecule has 0 unspecified atom stereocenters. The number of anilines is 1. The van der Waals surface area contributed by atoms with Gasteiger partial charge in [0.15, 0.2) is 6.61 Å². The lowest BCUT2D eigenvalue weighted by Gasteiger charge is -2.07. The summed E-state index contributed by atoms with van der Waals surface area (Å²) in [6.45, 7) is -0.188. The zero-order valence-electron chi connectivity index (χ0n) is 10.0. The number of benzene rings is 2. The van der Waals surface area contributed by atoms with Crippen molar-refractivity contribution in [1.82, 2.24) is 0 Å². The molecule has 2 aromatic rings. The van der Waals surface area contributed by atoms with Crippen molar-refractivity contribution in [3.63, 3.8) is 0 Å². The highest BCUT2D eigenvalue weighted by Crippen LogP contribution is 2.17. The molecule has 0 radical (unpaired) electrons. The van der Waals surface area contributed by atoms with Crippen LogP contribution in [0.2, 0.25) is 5.02 Å². The van der Waals surface area contributed by atoms with E-state index in [-0.39, 0.29) is 6.61 Å². The summed E-state index contributed by atoms with van der Waals surface area (Å²) in [4.78, 5) is 11.5. The number of carbonyl (C=O) groups is 1. The Bertz CT molecular complexity index is 569. The Morgan fingerprint density at radius 1 is 1.11 bits per heavy atom. The first-order chi connectivity index (χ1) is 9.13. The van der Waals surface area contributed by atoms with E-state index >= 15 is 0 Å². The van der Waals surface area contributed by atoms with Crippen molar-refractivity contribution in [1.29, 1.82) is 0 Å². The first-order valence-electron chi connectivity index (χ1n) is 5.58. The number of ether oxygens (including phenoxy) is 2. The lowest BCUT2D eigenvalue weighted by atomic mass is 10.3. The minimum absolute atomic E-state index is 0.188. The Morgan fingerprint density at radius 2 is 1.84 bits per heavy atom. The van der Waals surface area contributed by atoms with Crippen molar-refractivity contribution >= 4 is 23.3 Å². The number of halogens is 1. The van der Waals surface area contributed by atoms with Gasteiger partial charge in [-0.15, -0.1) is 0 Å². The van der Waals surface area contributed by atoms with Gasteiger partial charge in [0.25, 0.3) is 0 Å². The fraction of sp³-hybridized carbons (Fsp3) is 0.0714. The van der Waals surface area contributed by atoms with Crippen LogP contribution in [0.3, 0.4) is 0 Å². The zero-order chi connectivity index (χ0) is 13.7. The third-order valence-corrected chi connectivity index (χ3v) is 2.51. The third kappa shape index (κ3) is 4.19. The van der Waals surface area contributed by atoms with Crippen LogP contribution in [0.4, 0.5) is 5.69 Å². The largest absolute Gasteiger partial charge is 0.482 e. The minimum atomic E-state index is -0.496. The average molecular weight is 278 g/mol. The van der Waals surface area contributed by atoms with Crippen molar-refractivity contribution in [2.45, 2.75) is 0 Å². The molecule has 98 valence electrons. The van der Waals surface area contributed by atoms with Crippen LogP contribution in [-0.2, 0) is 4.79 Å². The Balaban J connectivity index is 1.86. The van der Waals surface area contributed by atoms with Gasteiger partial charge in [-0.2, -0.15) is 0 Å². The van der Waals surface area contributed by atoms with Crippen LogP contribution in [0, 0.1) is 0 Å². The van der Waals surface area contributed by atoms with Crippen LogP contribution in [-0.4, -0.2) is 12.6 Å². The number of hydrogen-bond acceptors (Lipinski definition) is 4. The summed E-state index contributed by atoms with van der Waals surface area (Å²) in [5.41, 5.74) is 6.17. The van der Waals surface area contributed by atoms with E-state index in [1.807, 2.05) is 0 Å². The molecule has 4 nitrogen and oxygen atoms in total. The summed E-state index contributed by atoms with van der Waals surface area (Å²) in [7, 11) is 0. The van der Waals surface area contributed by atoms with Crippen LogP contribution < -0.4 is 15.2 Å². The molecule has 0 amide bonds. The second kappa shape index (κ2) is 6.11. The molecule has 0 atom stereocenters. The second-order valence-corrected chi connectivity index (χ2v) is 4.23. The zero-order valence-corrected chi connectivity index (χ0v) is 10.8. The summed E-state index contributed by atoms with van der Waals surface area (Å²) in [6, 6.07) is 13.3. The van der Waals surface area contributed by atoms with E-state index in [0.29, 0.717) is 22.2 Å².